The maximum atomic E-state index is 9.20. The Morgan fingerprint density at radius 2 is 1.03 bits per heavy atom. The summed E-state index contributed by atoms with van der Waals surface area (Å²) in [6.45, 7) is 5.35. The number of rotatable bonds is 7. The fraction of sp³-hybridized carbons (Fsp3) is 0.0769. The van der Waals surface area contributed by atoms with E-state index in [2.05, 4.69) is 89.0 Å². The van der Waals surface area contributed by atoms with Crippen molar-refractivity contribution < 1.29 is 53.1 Å². The monoisotopic (exact) mass is 566 g/mol. The van der Waals surface area contributed by atoms with Gasteiger partial charge in [-0.1, -0.05) is 61.2 Å². The SMILES string of the molecule is C=Cc1ccc(C[n+]2ccc(-c3cc[n+](Cc4ccc(B(O)O)cc4)cc3)cc2)cc1.[Br-].[Br-]. The van der Waals surface area contributed by atoms with Crippen LogP contribution in [0, 0.1) is 0 Å². The molecule has 0 atom stereocenters. The van der Waals surface area contributed by atoms with Crippen molar-refractivity contribution in [2.45, 2.75) is 13.1 Å². The number of nitrogens with zero attached hydrogens (tertiary/aromatic N) is 2. The van der Waals surface area contributed by atoms with Crippen molar-refractivity contribution in [1.29, 1.82) is 0 Å². The molecule has 0 radical (unpaired) electrons. The van der Waals surface area contributed by atoms with Crippen LogP contribution in [0.5, 0.6) is 0 Å². The van der Waals surface area contributed by atoms with Crippen LogP contribution in [0.1, 0.15) is 16.7 Å². The first-order valence-electron chi connectivity index (χ1n) is 10.3. The smallest absolute Gasteiger partial charge is 0.488 e. The molecule has 0 aliphatic carbocycles. The highest BCUT2D eigenvalue weighted by Gasteiger charge is 2.11. The van der Waals surface area contributed by atoms with Gasteiger partial charge in [0.15, 0.2) is 37.9 Å². The molecule has 0 saturated heterocycles. The zero-order valence-corrected chi connectivity index (χ0v) is 21.2. The van der Waals surface area contributed by atoms with E-state index in [9.17, 15) is 10.0 Å². The summed E-state index contributed by atoms with van der Waals surface area (Å²) in [5.41, 5.74) is 6.32. The van der Waals surface area contributed by atoms with Crippen LogP contribution in [0.4, 0.5) is 0 Å². The van der Waals surface area contributed by atoms with Gasteiger partial charge in [-0.05, 0) is 22.2 Å². The first-order valence-corrected chi connectivity index (χ1v) is 10.3. The molecule has 2 aromatic heterocycles. The lowest BCUT2D eigenvalue weighted by Gasteiger charge is -2.03. The summed E-state index contributed by atoms with van der Waals surface area (Å²) in [6.07, 6.45) is 10.2. The van der Waals surface area contributed by atoms with Crippen molar-refractivity contribution in [3.8, 4) is 11.1 Å². The largest absolute Gasteiger partial charge is 1.00 e. The van der Waals surface area contributed by atoms with Crippen LogP contribution in [0.3, 0.4) is 0 Å². The average Bonchev–Trinajstić information content (AvgIpc) is 2.81. The molecule has 0 spiro atoms. The van der Waals surface area contributed by atoms with Gasteiger partial charge in [-0.2, -0.15) is 0 Å². The standard InChI is InChI=1S/C26H25BN2O2.2BrH/c1-2-21-3-5-22(6-4-21)19-28-15-11-24(12-16-28)25-13-17-29(18-14-25)20-23-7-9-26(10-8-23)27(30)31;;/h2-18,30-31H,1,19-20H2;2*1H/q+2;;/p-2. The molecule has 2 heterocycles. The third-order valence-corrected chi connectivity index (χ3v) is 5.34. The maximum absolute atomic E-state index is 9.20. The van der Waals surface area contributed by atoms with Crippen LogP contribution in [0.25, 0.3) is 17.2 Å². The van der Waals surface area contributed by atoms with Gasteiger partial charge in [0.1, 0.15) is 0 Å². The number of hydrogen-bond donors (Lipinski definition) is 2. The predicted octanol–water partition coefficient (Wildman–Crippen LogP) is -3.64. The number of benzene rings is 2. The Balaban J connectivity index is 0.00000193. The van der Waals surface area contributed by atoms with Gasteiger partial charge in [0, 0.05) is 35.4 Å². The number of halogens is 2. The van der Waals surface area contributed by atoms with Gasteiger partial charge in [0.2, 0.25) is 0 Å². The van der Waals surface area contributed by atoms with Gasteiger partial charge in [-0.25, -0.2) is 9.13 Å². The van der Waals surface area contributed by atoms with E-state index in [1.165, 1.54) is 11.1 Å². The summed E-state index contributed by atoms with van der Waals surface area (Å²) >= 11 is 0. The minimum Gasteiger partial charge on any atom is -1.00 e. The minimum atomic E-state index is -1.43. The van der Waals surface area contributed by atoms with E-state index in [0.29, 0.717) is 5.46 Å². The Bertz CT molecular complexity index is 1150. The molecule has 2 aromatic carbocycles. The highest BCUT2D eigenvalue weighted by Crippen LogP contribution is 2.16. The van der Waals surface area contributed by atoms with Crippen molar-refractivity contribution in [3.05, 3.63) is 121 Å². The van der Waals surface area contributed by atoms with Gasteiger partial charge in [0.05, 0.1) is 0 Å². The van der Waals surface area contributed by atoms with Crippen molar-refractivity contribution in [3.63, 3.8) is 0 Å². The van der Waals surface area contributed by atoms with Crippen molar-refractivity contribution in [2.75, 3.05) is 0 Å². The molecule has 0 unspecified atom stereocenters. The molecule has 0 saturated carbocycles. The fourth-order valence-corrected chi connectivity index (χ4v) is 3.49. The zero-order valence-electron chi connectivity index (χ0n) is 18.1. The second-order valence-electron chi connectivity index (χ2n) is 7.58. The third kappa shape index (κ3) is 7.20. The molecule has 0 aliphatic heterocycles. The van der Waals surface area contributed by atoms with Gasteiger partial charge in [-0.3, -0.25) is 0 Å². The Labute approximate surface area is 216 Å². The molecule has 4 rings (SSSR count). The summed E-state index contributed by atoms with van der Waals surface area (Å²) in [4.78, 5) is 0. The van der Waals surface area contributed by atoms with Gasteiger partial charge in [-0.15, -0.1) is 0 Å². The molecule has 33 heavy (non-hydrogen) atoms. The average molecular weight is 568 g/mol. The second-order valence-corrected chi connectivity index (χ2v) is 7.58. The Kier molecular flexibility index (Phi) is 10.2. The minimum absolute atomic E-state index is 0. The lowest BCUT2D eigenvalue weighted by atomic mass is 9.80. The molecule has 168 valence electrons. The van der Waals surface area contributed by atoms with Crippen LogP contribution in [-0.2, 0) is 13.1 Å². The first-order chi connectivity index (χ1) is 15.1. The van der Waals surface area contributed by atoms with E-state index in [-0.39, 0.29) is 34.0 Å². The van der Waals surface area contributed by atoms with Crippen molar-refractivity contribution in [1.82, 2.24) is 0 Å². The van der Waals surface area contributed by atoms with E-state index >= 15 is 0 Å². The molecule has 2 N–H and O–H groups in total. The molecule has 4 aromatic rings. The number of pyridine rings is 2. The summed E-state index contributed by atoms with van der Waals surface area (Å²) in [5.74, 6) is 0. The van der Waals surface area contributed by atoms with Gasteiger partial charge in [0.25, 0.3) is 0 Å². The Morgan fingerprint density at radius 1 is 0.636 bits per heavy atom. The summed E-state index contributed by atoms with van der Waals surface area (Å²) in [6, 6.07) is 24.2. The van der Waals surface area contributed by atoms with E-state index in [0.717, 1.165) is 29.8 Å². The molecule has 0 fully saturated rings. The van der Waals surface area contributed by atoms with Gasteiger partial charge >= 0.3 is 7.12 Å². The summed E-state index contributed by atoms with van der Waals surface area (Å²) < 4.78 is 4.27. The first kappa shape index (κ1) is 26.7. The third-order valence-electron chi connectivity index (χ3n) is 5.34. The lowest BCUT2D eigenvalue weighted by molar-refractivity contribution is -0.688. The lowest BCUT2D eigenvalue weighted by Crippen LogP contribution is -3.00. The number of hydrogen-bond acceptors (Lipinski definition) is 2. The van der Waals surface area contributed by atoms with Gasteiger partial charge < -0.3 is 44.0 Å². The fourth-order valence-electron chi connectivity index (χ4n) is 3.49. The second kappa shape index (κ2) is 12.6. The van der Waals surface area contributed by atoms with Crippen LogP contribution in [-0.4, -0.2) is 17.2 Å². The highest BCUT2D eigenvalue weighted by atomic mass is 79.9. The quantitative estimate of drug-likeness (QED) is 0.179. The molecule has 7 heteroatoms. The molecule has 4 nitrogen and oxygen atoms in total. The maximum Gasteiger partial charge on any atom is 0.488 e. The molecule has 0 bridgehead atoms. The molecule has 0 aliphatic rings. The Hall–Kier alpha value is -2.58. The van der Waals surface area contributed by atoms with E-state index < -0.39 is 7.12 Å². The van der Waals surface area contributed by atoms with E-state index in [1.807, 2.05) is 18.2 Å². The topological polar surface area (TPSA) is 48.2 Å². The van der Waals surface area contributed by atoms with Crippen LogP contribution < -0.4 is 48.6 Å². The molecule has 0 amide bonds. The molecular weight excluding hydrogens is 543 g/mol. The summed E-state index contributed by atoms with van der Waals surface area (Å²) in [5, 5.41) is 18.4. The molecular formula is C26H25BBr2N2O2. The van der Waals surface area contributed by atoms with Crippen molar-refractivity contribution in [2.24, 2.45) is 0 Å². The van der Waals surface area contributed by atoms with Crippen LogP contribution in [0.2, 0.25) is 0 Å². The predicted molar refractivity (Wildman–Crippen MR) is 123 cm³/mol. The number of aromatic nitrogens is 2. The van der Waals surface area contributed by atoms with Crippen LogP contribution in [0.15, 0.2) is 104 Å². The zero-order chi connectivity index (χ0) is 21.6. The van der Waals surface area contributed by atoms with Crippen molar-refractivity contribution >= 4 is 18.7 Å². The Morgan fingerprint density at radius 3 is 1.39 bits per heavy atom. The highest BCUT2D eigenvalue weighted by molar-refractivity contribution is 6.58. The normalized spacial score (nSPS) is 10.0. The summed E-state index contributed by atoms with van der Waals surface area (Å²) in [7, 11) is -1.43. The van der Waals surface area contributed by atoms with E-state index in [4.69, 9.17) is 0 Å². The van der Waals surface area contributed by atoms with Crippen LogP contribution >= 0.6 is 0 Å². The van der Waals surface area contributed by atoms with E-state index in [1.54, 1.807) is 12.1 Å².